The molecule has 0 amide bonds. The molecule has 0 spiro atoms. The summed E-state index contributed by atoms with van der Waals surface area (Å²) >= 11 is 0. The molecule has 1 N–H and O–H groups in total. The van der Waals surface area contributed by atoms with Crippen LogP contribution in [0.15, 0.2) is 103 Å². The number of carbonyl (C=O) groups is 5. The lowest BCUT2D eigenvalue weighted by Gasteiger charge is -2.32. The quantitative estimate of drug-likeness (QED) is 0.0127. The Kier molecular flexibility index (Phi) is 29.4. The number of ether oxygens (including phenoxy) is 8. The van der Waals surface area contributed by atoms with Crippen LogP contribution in [0.5, 0.6) is 28.7 Å². The Morgan fingerprint density at radius 3 is 1.43 bits per heavy atom. The highest BCUT2D eigenvalue weighted by Crippen LogP contribution is 2.40. The standard InChI is InChI=1S/C29H37NO5.2C16H22O4/c30-17-26-16-20(14-15-34-29(33)25-11-6-22(19-32)7-12-25)8-13-27(26)35-28(23-2-1-3-23)24-9-4-21(18-31)5-10-24;2*1-3-16(17)20-13-7-5-4-6-12-19-15-10-8-14(18-2)9-11-15/h8,13,16-19,21-22,24-25,30H,1-7,9-12,14-15H2;2*3,8-11H,1,4-7,12-13H2,2H3. The number of allylic oxidation sites excluding steroid dienone is 2. The highest BCUT2D eigenvalue weighted by atomic mass is 16.5. The summed E-state index contributed by atoms with van der Waals surface area (Å²) in [7, 11) is 3.28. The average molecular weight is 1040 g/mol. The summed E-state index contributed by atoms with van der Waals surface area (Å²) < 4.78 is 43.2. The topological polar surface area (TPSA) is 183 Å². The van der Waals surface area contributed by atoms with Crippen LogP contribution in [0.25, 0.3) is 0 Å². The zero-order valence-electron chi connectivity index (χ0n) is 44.4. The van der Waals surface area contributed by atoms with E-state index in [0.29, 0.717) is 51.1 Å². The Balaban J connectivity index is 0.000000262. The average Bonchev–Trinajstić information content (AvgIpc) is 3.44. The van der Waals surface area contributed by atoms with Gasteiger partial charge in [0.25, 0.3) is 0 Å². The number of unbranched alkanes of at least 4 members (excludes halogenated alkanes) is 6. The highest BCUT2D eigenvalue weighted by molar-refractivity contribution is 5.82. The molecular weight excluding hydrogens is 955 g/mol. The molecule has 3 aliphatic carbocycles. The van der Waals surface area contributed by atoms with Crippen LogP contribution in [0, 0.1) is 29.1 Å². The Morgan fingerprint density at radius 1 is 0.560 bits per heavy atom. The number of nitrogens with one attached hydrogen (secondary N) is 1. The van der Waals surface area contributed by atoms with Crippen LogP contribution < -0.4 is 23.7 Å². The Labute approximate surface area is 445 Å². The van der Waals surface area contributed by atoms with Gasteiger partial charge in [-0.05, 0) is 194 Å². The second-order valence-corrected chi connectivity index (χ2v) is 19.0. The van der Waals surface area contributed by atoms with E-state index in [1.165, 1.54) is 30.4 Å². The summed E-state index contributed by atoms with van der Waals surface area (Å²) in [5, 5.41) is 7.93. The maximum atomic E-state index is 12.4. The van der Waals surface area contributed by atoms with Crippen LogP contribution >= 0.6 is 0 Å². The van der Waals surface area contributed by atoms with Gasteiger partial charge in [-0.25, -0.2) is 9.59 Å². The zero-order valence-corrected chi connectivity index (χ0v) is 44.4. The first kappa shape index (κ1) is 60.9. The molecule has 14 nitrogen and oxygen atoms in total. The van der Waals surface area contributed by atoms with Crippen LogP contribution in [0.3, 0.4) is 0 Å². The molecule has 3 aliphatic rings. The number of carbonyl (C=O) groups excluding carboxylic acids is 5. The summed E-state index contributed by atoms with van der Waals surface area (Å²) in [6, 6.07) is 20.9. The van der Waals surface area contributed by atoms with Gasteiger partial charge in [0.2, 0.25) is 0 Å². The second kappa shape index (κ2) is 36.3. The van der Waals surface area contributed by atoms with E-state index in [1.807, 2.05) is 66.7 Å². The van der Waals surface area contributed by atoms with Crippen LogP contribution in [0.4, 0.5) is 0 Å². The van der Waals surface area contributed by atoms with Gasteiger partial charge in [-0.15, -0.1) is 0 Å². The second-order valence-electron chi connectivity index (χ2n) is 19.0. The zero-order chi connectivity index (χ0) is 53.9. The van der Waals surface area contributed by atoms with Crippen molar-refractivity contribution in [2.45, 2.75) is 128 Å². The molecule has 0 aliphatic heterocycles. The fourth-order valence-electron chi connectivity index (χ4n) is 8.82. The lowest BCUT2D eigenvalue weighted by atomic mass is 9.78. The molecular formula is C61H81NO13. The van der Waals surface area contributed by atoms with E-state index in [9.17, 15) is 24.0 Å². The number of esters is 3. The summed E-state index contributed by atoms with van der Waals surface area (Å²) in [6.07, 6.45) is 24.4. The third kappa shape index (κ3) is 23.6. The van der Waals surface area contributed by atoms with Gasteiger partial charge in [0.1, 0.15) is 47.1 Å². The third-order valence-corrected chi connectivity index (χ3v) is 13.6. The van der Waals surface area contributed by atoms with Crippen molar-refractivity contribution in [2.24, 2.45) is 23.7 Å². The fraction of sp³-hybridized carbons (Fsp3) is 0.508. The number of rotatable bonds is 30. The molecule has 3 saturated carbocycles. The molecule has 0 radical (unpaired) electrons. The van der Waals surface area contributed by atoms with E-state index >= 15 is 0 Å². The minimum atomic E-state index is -0.354. The van der Waals surface area contributed by atoms with Gasteiger partial charge >= 0.3 is 17.9 Å². The SMILES string of the molecule is C=CC(=O)OCCCCCCOc1ccc(OC)cc1.C=CC(=O)OCCCCCCOc1ccc(OC)cc1.N=Cc1cc(CCOC(=O)C2CCC(C=O)CC2)ccc1OC(=C1CCC1)C1CCC(C=O)CC1. The van der Waals surface area contributed by atoms with Crippen LogP contribution in [-0.4, -0.2) is 83.9 Å². The van der Waals surface area contributed by atoms with Gasteiger partial charge in [-0.3, -0.25) is 4.79 Å². The molecule has 0 bridgehead atoms. The summed E-state index contributed by atoms with van der Waals surface area (Å²) in [5.74, 6) is 4.76. The normalized spacial score (nSPS) is 17.5. The van der Waals surface area contributed by atoms with E-state index in [1.54, 1.807) is 14.2 Å². The van der Waals surface area contributed by atoms with Gasteiger partial charge in [-0.2, -0.15) is 0 Å². The van der Waals surface area contributed by atoms with E-state index in [-0.39, 0.29) is 35.7 Å². The maximum Gasteiger partial charge on any atom is 0.330 e. The van der Waals surface area contributed by atoms with Gasteiger partial charge < -0.3 is 52.9 Å². The lowest BCUT2D eigenvalue weighted by molar-refractivity contribution is -0.150. The monoisotopic (exact) mass is 1040 g/mol. The molecule has 3 fully saturated rings. The minimum absolute atomic E-state index is 0.0890. The van der Waals surface area contributed by atoms with E-state index in [0.717, 1.165) is 168 Å². The molecule has 0 saturated heterocycles. The lowest BCUT2D eigenvalue weighted by Crippen LogP contribution is -2.24. The van der Waals surface area contributed by atoms with Crippen molar-refractivity contribution in [1.82, 2.24) is 0 Å². The van der Waals surface area contributed by atoms with Gasteiger partial charge in [0.05, 0.1) is 53.2 Å². The maximum absolute atomic E-state index is 12.4. The largest absolute Gasteiger partial charge is 0.497 e. The Morgan fingerprint density at radius 2 is 1.01 bits per heavy atom. The molecule has 75 heavy (non-hydrogen) atoms. The first-order valence-corrected chi connectivity index (χ1v) is 26.9. The molecule has 0 unspecified atom stereocenters. The Bertz CT molecular complexity index is 2140. The number of benzene rings is 3. The molecule has 0 heterocycles. The number of aldehydes is 2. The van der Waals surface area contributed by atoms with Crippen molar-refractivity contribution in [3.05, 3.63) is 114 Å². The van der Waals surface area contributed by atoms with E-state index in [2.05, 4.69) is 13.2 Å². The van der Waals surface area contributed by atoms with Crippen LogP contribution in [-0.2, 0) is 44.6 Å². The van der Waals surface area contributed by atoms with Crippen LogP contribution in [0.1, 0.15) is 133 Å². The summed E-state index contributed by atoms with van der Waals surface area (Å²) in [4.78, 5) is 56.0. The first-order chi connectivity index (χ1) is 36.6. The predicted octanol–water partition coefficient (Wildman–Crippen LogP) is 12.3. The third-order valence-electron chi connectivity index (χ3n) is 13.6. The molecule has 408 valence electrons. The highest BCUT2D eigenvalue weighted by Gasteiger charge is 2.30. The van der Waals surface area contributed by atoms with Crippen molar-refractivity contribution >= 4 is 36.7 Å². The minimum Gasteiger partial charge on any atom is -0.497 e. The molecule has 0 aromatic heterocycles. The van der Waals surface area contributed by atoms with Crippen molar-refractivity contribution < 1.29 is 61.9 Å². The van der Waals surface area contributed by atoms with E-state index < -0.39 is 0 Å². The molecule has 14 heteroatoms. The number of hydrogen-bond donors (Lipinski definition) is 1. The Hall–Kier alpha value is -6.70. The first-order valence-electron chi connectivity index (χ1n) is 26.9. The van der Waals surface area contributed by atoms with Crippen molar-refractivity contribution in [3.63, 3.8) is 0 Å². The molecule has 3 aromatic carbocycles. The van der Waals surface area contributed by atoms with Gasteiger partial charge in [0, 0.05) is 48.1 Å². The van der Waals surface area contributed by atoms with E-state index in [4.69, 9.17) is 43.3 Å². The molecule has 3 aromatic rings. The fourth-order valence-corrected chi connectivity index (χ4v) is 8.82. The van der Waals surface area contributed by atoms with Crippen molar-refractivity contribution in [2.75, 3.05) is 47.3 Å². The predicted molar refractivity (Wildman–Crippen MR) is 290 cm³/mol. The smallest absolute Gasteiger partial charge is 0.330 e. The number of hydrogen-bond acceptors (Lipinski definition) is 14. The molecule has 0 atom stereocenters. The van der Waals surface area contributed by atoms with Crippen LogP contribution in [0.2, 0.25) is 0 Å². The summed E-state index contributed by atoms with van der Waals surface area (Å²) in [5.41, 5.74) is 3.10. The van der Waals surface area contributed by atoms with Crippen molar-refractivity contribution in [1.29, 1.82) is 5.41 Å². The summed E-state index contributed by atoms with van der Waals surface area (Å²) in [6.45, 7) is 9.30. The molecule has 6 rings (SSSR count). The number of methoxy groups -OCH3 is 2. The van der Waals surface area contributed by atoms with Crippen molar-refractivity contribution in [3.8, 4) is 28.7 Å². The van der Waals surface area contributed by atoms with Gasteiger partial charge in [0.15, 0.2) is 0 Å². The van der Waals surface area contributed by atoms with Gasteiger partial charge in [-0.1, -0.05) is 19.2 Å².